The lowest BCUT2D eigenvalue weighted by Crippen LogP contribution is -2.14. The predicted molar refractivity (Wildman–Crippen MR) is 108 cm³/mol. The summed E-state index contributed by atoms with van der Waals surface area (Å²) >= 11 is 0. The first-order valence-corrected chi connectivity index (χ1v) is 9.15. The summed E-state index contributed by atoms with van der Waals surface area (Å²) in [5.41, 5.74) is 9.24. The number of carbonyl (C=O) groups is 1. The molecule has 6 heteroatoms. The van der Waals surface area contributed by atoms with E-state index in [0.717, 1.165) is 11.1 Å². The van der Waals surface area contributed by atoms with E-state index in [1.807, 2.05) is 30.3 Å². The fourth-order valence-electron chi connectivity index (χ4n) is 3.07. The molecule has 0 amide bonds. The summed E-state index contributed by atoms with van der Waals surface area (Å²) in [7, 11) is 0. The fourth-order valence-corrected chi connectivity index (χ4v) is 3.07. The summed E-state index contributed by atoms with van der Waals surface area (Å²) in [6.07, 6.45) is -0.150. The van der Waals surface area contributed by atoms with Crippen LogP contribution in [0.15, 0.2) is 66.7 Å². The Kier molecular flexibility index (Phi) is 6.59. The average Bonchev–Trinajstić information content (AvgIpc) is 2.72. The van der Waals surface area contributed by atoms with E-state index < -0.39 is 17.8 Å². The maximum absolute atomic E-state index is 14.2. The number of hydrogen-bond donors (Lipinski definition) is 3. The third-order valence-corrected chi connectivity index (χ3v) is 4.51. The molecule has 1 atom stereocenters. The summed E-state index contributed by atoms with van der Waals surface area (Å²) < 4.78 is 20.0. The molecule has 1 unspecified atom stereocenters. The van der Waals surface area contributed by atoms with Crippen LogP contribution in [0.4, 0.5) is 4.39 Å². The Morgan fingerprint density at radius 3 is 2.59 bits per heavy atom. The molecule has 29 heavy (non-hydrogen) atoms. The van der Waals surface area contributed by atoms with Gasteiger partial charge in [0.2, 0.25) is 0 Å². The summed E-state index contributed by atoms with van der Waals surface area (Å²) in [6, 6.07) is 18.3. The molecule has 0 heterocycles. The van der Waals surface area contributed by atoms with Gasteiger partial charge in [-0.25, -0.2) is 4.39 Å². The number of halogens is 1. The maximum atomic E-state index is 14.2. The van der Waals surface area contributed by atoms with E-state index in [-0.39, 0.29) is 19.6 Å². The largest absolute Gasteiger partial charge is 0.489 e. The lowest BCUT2D eigenvalue weighted by Gasteiger charge is -2.13. The van der Waals surface area contributed by atoms with Crippen LogP contribution in [-0.2, 0) is 17.8 Å². The molecule has 150 valence electrons. The molecule has 3 rings (SSSR count). The number of aliphatic hydroxyl groups is 1. The molecule has 0 saturated carbocycles. The number of carboxylic acid groups (broad SMARTS) is 1. The Morgan fingerprint density at radius 1 is 1.03 bits per heavy atom. The molecular weight excluding hydrogens is 373 g/mol. The highest BCUT2D eigenvalue weighted by atomic mass is 19.1. The average molecular weight is 395 g/mol. The molecule has 0 radical (unpaired) electrons. The predicted octanol–water partition coefficient (Wildman–Crippen LogP) is 3.69. The lowest BCUT2D eigenvalue weighted by atomic mass is 9.98. The van der Waals surface area contributed by atoms with Crippen molar-refractivity contribution in [2.45, 2.75) is 19.1 Å². The molecule has 5 nitrogen and oxygen atoms in total. The van der Waals surface area contributed by atoms with Crippen LogP contribution in [0.2, 0.25) is 0 Å². The first-order valence-electron chi connectivity index (χ1n) is 9.15. The van der Waals surface area contributed by atoms with Crippen LogP contribution in [0.1, 0.15) is 22.7 Å². The molecule has 3 aromatic carbocycles. The Labute approximate surface area is 168 Å². The van der Waals surface area contributed by atoms with Gasteiger partial charge in [-0.05, 0) is 52.6 Å². The minimum absolute atomic E-state index is 0.0945. The second kappa shape index (κ2) is 9.32. The van der Waals surface area contributed by atoms with Crippen molar-refractivity contribution in [3.05, 3.63) is 89.2 Å². The van der Waals surface area contributed by atoms with Crippen molar-refractivity contribution in [3.63, 3.8) is 0 Å². The molecule has 0 aliphatic heterocycles. The first kappa shape index (κ1) is 20.5. The van der Waals surface area contributed by atoms with Crippen LogP contribution >= 0.6 is 0 Å². The van der Waals surface area contributed by atoms with E-state index in [9.17, 15) is 14.3 Å². The number of benzene rings is 3. The van der Waals surface area contributed by atoms with Crippen LogP contribution < -0.4 is 10.5 Å². The van der Waals surface area contributed by atoms with E-state index in [1.165, 1.54) is 12.1 Å². The van der Waals surface area contributed by atoms with E-state index in [2.05, 4.69) is 0 Å². The van der Waals surface area contributed by atoms with Gasteiger partial charge >= 0.3 is 5.97 Å². The van der Waals surface area contributed by atoms with Crippen molar-refractivity contribution in [1.29, 1.82) is 0 Å². The normalized spacial score (nSPS) is 11.8. The van der Waals surface area contributed by atoms with Gasteiger partial charge in [-0.15, -0.1) is 0 Å². The highest BCUT2D eigenvalue weighted by Crippen LogP contribution is 2.26. The number of para-hydroxylation sites is 1. The van der Waals surface area contributed by atoms with Crippen molar-refractivity contribution in [2.75, 3.05) is 6.61 Å². The molecule has 3 aromatic rings. The quantitative estimate of drug-likeness (QED) is 0.541. The Hall–Kier alpha value is -3.22. The molecule has 0 aliphatic carbocycles. The smallest absolute Gasteiger partial charge is 0.307 e. The highest BCUT2D eigenvalue weighted by molar-refractivity contribution is 5.71. The van der Waals surface area contributed by atoms with Gasteiger partial charge in [0.15, 0.2) is 0 Å². The second-order valence-corrected chi connectivity index (χ2v) is 6.73. The summed E-state index contributed by atoms with van der Waals surface area (Å²) in [4.78, 5) is 11.0. The third kappa shape index (κ3) is 5.40. The SMILES string of the molecule is NC(CO)c1cccc(-c2cc(F)cc(COc3ccccc3CC(=O)O)c2)c1. The minimum atomic E-state index is -0.949. The number of ether oxygens (including phenoxy) is 1. The number of carboxylic acids is 1. The van der Waals surface area contributed by atoms with Crippen LogP contribution in [-0.4, -0.2) is 22.8 Å². The standard InChI is InChI=1S/C23H22FNO4/c24-20-9-15(14-29-22-7-2-1-4-18(22)12-23(27)28)8-19(11-20)16-5-3-6-17(10-16)21(25)13-26/h1-11,21,26H,12-14,25H2,(H,27,28). The zero-order valence-electron chi connectivity index (χ0n) is 15.7. The zero-order chi connectivity index (χ0) is 20.8. The monoisotopic (exact) mass is 395 g/mol. The molecule has 0 fully saturated rings. The van der Waals surface area contributed by atoms with Crippen LogP contribution in [0, 0.1) is 5.82 Å². The zero-order valence-corrected chi connectivity index (χ0v) is 15.7. The van der Waals surface area contributed by atoms with Crippen LogP contribution in [0.3, 0.4) is 0 Å². The molecule has 0 saturated heterocycles. The number of hydrogen-bond acceptors (Lipinski definition) is 4. The second-order valence-electron chi connectivity index (χ2n) is 6.73. The number of rotatable bonds is 8. The third-order valence-electron chi connectivity index (χ3n) is 4.51. The van der Waals surface area contributed by atoms with E-state index in [4.69, 9.17) is 15.6 Å². The fraction of sp³-hybridized carbons (Fsp3) is 0.174. The Bertz CT molecular complexity index is 1010. The molecule has 0 aromatic heterocycles. The summed E-state index contributed by atoms with van der Waals surface area (Å²) in [5.74, 6) is -0.900. The van der Waals surface area contributed by atoms with E-state index in [1.54, 1.807) is 24.3 Å². The first-order chi connectivity index (χ1) is 14.0. The van der Waals surface area contributed by atoms with Crippen LogP contribution in [0.5, 0.6) is 5.75 Å². The van der Waals surface area contributed by atoms with Gasteiger partial charge in [-0.3, -0.25) is 4.79 Å². The van der Waals surface area contributed by atoms with Gasteiger partial charge in [0.1, 0.15) is 18.2 Å². The highest BCUT2D eigenvalue weighted by Gasteiger charge is 2.10. The van der Waals surface area contributed by atoms with Crippen molar-refractivity contribution >= 4 is 5.97 Å². The maximum Gasteiger partial charge on any atom is 0.307 e. The molecule has 0 spiro atoms. The summed E-state index contributed by atoms with van der Waals surface area (Å²) in [5, 5.41) is 18.3. The Morgan fingerprint density at radius 2 is 1.83 bits per heavy atom. The molecule has 4 N–H and O–H groups in total. The van der Waals surface area contributed by atoms with E-state index >= 15 is 0 Å². The Balaban J connectivity index is 1.83. The molecular formula is C23H22FNO4. The van der Waals surface area contributed by atoms with Gasteiger partial charge in [-0.2, -0.15) is 0 Å². The number of nitrogens with two attached hydrogens (primary N) is 1. The van der Waals surface area contributed by atoms with Crippen molar-refractivity contribution in [1.82, 2.24) is 0 Å². The van der Waals surface area contributed by atoms with Crippen LogP contribution in [0.25, 0.3) is 11.1 Å². The summed E-state index contributed by atoms with van der Waals surface area (Å²) in [6.45, 7) is -0.0846. The van der Waals surface area contributed by atoms with Crippen molar-refractivity contribution in [3.8, 4) is 16.9 Å². The topological polar surface area (TPSA) is 92.8 Å². The van der Waals surface area contributed by atoms with Gasteiger partial charge in [0, 0.05) is 5.56 Å². The van der Waals surface area contributed by atoms with Gasteiger partial charge in [-0.1, -0.05) is 36.4 Å². The van der Waals surface area contributed by atoms with E-state index in [0.29, 0.717) is 22.4 Å². The molecule has 0 bridgehead atoms. The van der Waals surface area contributed by atoms with Gasteiger partial charge in [0.25, 0.3) is 0 Å². The number of aliphatic carboxylic acids is 1. The van der Waals surface area contributed by atoms with Gasteiger partial charge < -0.3 is 20.7 Å². The van der Waals surface area contributed by atoms with Gasteiger partial charge in [0.05, 0.1) is 19.1 Å². The van der Waals surface area contributed by atoms with Crippen molar-refractivity contribution < 1.29 is 24.1 Å². The van der Waals surface area contributed by atoms with Crippen molar-refractivity contribution in [2.24, 2.45) is 5.73 Å². The molecule has 0 aliphatic rings. The minimum Gasteiger partial charge on any atom is -0.489 e. The number of aliphatic hydroxyl groups excluding tert-OH is 1. The lowest BCUT2D eigenvalue weighted by molar-refractivity contribution is -0.136.